The molecular formula is C19H33N3O3. The van der Waals surface area contributed by atoms with E-state index in [1.54, 1.807) is 11.9 Å². The van der Waals surface area contributed by atoms with E-state index in [2.05, 4.69) is 10.6 Å². The van der Waals surface area contributed by atoms with Crippen molar-refractivity contribution in [1.82, 2.24) is 15.5 Å². The van der Waals surface area contributed by atoms with E-state index in [4.69, 9.17) is 0 Å². The van der Waals surface area contributed by atoms with Gasteiger partial charge in [-0.05, 0) is 45.1 Å². The quantitative estimate of drug-likeness (QED) is 0.694. The molecule has 6 nitrogen and oxygen atoms in total. The number of rotatable bonds is 8. The summed E-state index contributed by atoms with van der Waals surface area (Å²) in [4.78, 5) is 39.2. The first-order valence-corrected chi connectivity index (χ1v) is 9.63. The van der Waals surface area contributed by atoms with E-state index in [1.165, 1.54) is 13.3 Å². The Kier molecular flexibility index (Phi) is 6.99. The summed E-state index contributed by atoms with van der Waals surface area (Å²) < 4.78 is 0. The second-order valence-corrected chi connectivity index (χ2v) is 7.90. The Morgan fingerprint density at radius 3 is 2.28 bits per heavy atom. The third kappa shape index (κ3) is 4.81. The van der Waals surface area contributed by atoms with E-state index < -0.39 is 12.1 Å². The number of amides is 2. The van der Waals surface area contributed by atoms with Crippen molar-refractivity contribution in [1.29, 1.82) is 0 Å². The van der Waals surface area contributed by atoms with Crippen LogP contribution in [0.5, 0.6) is 0 Å². The predicted octanol–water partition coefficient (Wildman–Crippen LogP) is 1.49. The molecule has 0 bridgehead atoms. The zero-order chi connectivity index (χ0) is 18.6. The van der Waals surface area contributed by atoms with Crippen molar-refractivity contribution in [2.24, 2.45) is 11.8 Å². The maximum absolute atomic E-state index is 12.8. The largest absolute Gasteiger partial charge is 0.345 e. The number of Topliss-reactive ketones (excluding diaryl/α,β-unsaturated/α-hetero) is 1. The van der Waals surface area contributed by atoms with Crippen molar-refractivity contribution in [2.45, 2.75) is 77.4 Å². The van der Waals surface area contributed by atoms with Crippen LogP contribution in [0.2, 0.25) is 0 Å². The van der Waals surface area contributed by atoms with Crippen molar-refractivity contribution in [3.8, 4) is 0 Å². The maximum Gasteiger partial charge on any atom is 0.243 e. The van der Waals surface area contributed by atoms with E-state index in [-0.39, 0.29) is 29.6 Å². The van der Waals surface area contributed by atoms with Gasteiger partial charge in [-0.2, -0.15) is 0 Å². The normalized spacial score (nSPS) is 23.2. The average Bonchev–Trinajstić information content (AvgIpc) is 2.98. The van der Waals surface area contributed by atoms with Gasteiger partial charge < -0.3 is 15.5 Å². The number of likely N-dealkylation sites (tertiary alicyclic amines) is 1. The van der Waals surface area contributed by atoms with Crippen LogP contribution in [0, 0.1) is 11.8 Å². The van der Waals surface area contributed by atoms with Crippen LogP contribution in [0.15, 0.2) is 0 Å². The van der Waals surface area contributed by atoms with Crippen molar-refractivity contribution >= 4 is 17.6 Å². The molecule has 0 aromatic heterocycles. The van der Waals surface area contributed by atoms with Gasteiger partial charge >= 0.3 is 0 Å². The molecule has 0 aromatic rings. The lowest BCUT2D eigenvalue weighted by Gasteiger charge is -2.32. The van der Waals surface area contributed by atoms with Gasteiger partial charge in [0.15, 0.2) is 5.78 Å². The summed E-state index contributed by atoms with van der Waals surface area (Å²) in [7, 11) is 1.78. The highest BCUT2D eigenvalue weighted by Crippen LogP contribution is 2.31. The van der Waals surface area contributed by atoms with Gasteiger partial charge in [-0.1, -0.05) is 33.1 Å². The molecule has 2 rings (SSSR count). The van der Waals surface area contributed by atoms with E-state index >= 15 is 0 Å². The predicted molar refractivity (Wildman–Crippen MR) is 97.0 cm³/mol. The summed E-state index contributed by atoms with van der Waals surface area (Å²) in [6.07, 6.45) is 5.73. The molecule has 25 heavy (non-hydrogen) atoms. The zero-order valence-electron chi connectivity index (χ0n) is 16.0. The van der Waals surface area contributed by atoms with Gasteiger partial charge in [-0.15, -0.1) is 0 Å². The molecule has 2 amide bonds. The summed E-state index contributed by atoms with van der Waals surface area (Å²) in [5, 5.41) is 5.99. The number of likely N-dealkylation sites (N-methyl/N-ethyl adjacent to an activating group) is 1. The van der Waals surface area contributed by atoms with Gasteiger partial charge in [-0.3, -0.25) is 14.4 Å². The van der Waals surface area contributed by atoms with Crippen molar-refractivity contribution in [3.05, 3.63) is 0 Å². The molecule has 1 saturated heterocycles. The number of hydrogen-bond donors (Lipinski definition) is 2. The van der Waals surface area contributed by atoms with Crippen LogP contribution in [0.25, 0.3) is 0 Å². The number of nitrogens with zero attached hydrogens (tertiary/aromatic N) is 1. The van der Waals surface area contributed by atoms with Gasteiger partial charge in [-0.25, -0.2) is 0 Å². The van der Waals surface area contributed by atoms with Crippen LogP contribution in [0.3, 0.4) is 0 Å². The number of ketones is 1. The molecule has 1 heterocycles. The molecule has 2 N–H and O–H groups in total. The fourth-order valence-corrected chi connectivity index (χ4v) is 3.88. The summed E-state index contributed by atoms with van der Waals surface area (Å²) in [6, 6.07) is -1.15. The second-order valence-electron chi connectivity index (χ2n) is 7.90. The topological polar surface area (TPSA) is 78.5 Å². The van der Waals surface area contributed by atoms with Crippen molar-refractivity contribution in [2.75, 3.05) is 13.6 Å². The minimum atomic E-state index is -0.453. The van der Waals surface area contributed by atoms with Crippen LogP contribution < -0.4 is 10.6 Å². The number of nitrogens with one attached hydrogen (secondary N) is 2. The third-order valence-electron chi connectivity index (χ3n) is 5.68. The Hall–Kier alpha value is -1.43. The lowest BCUT2D eigenvalue weighted by atomic mass is 9.80. The van der Waals surface area contributed by atoms with E-state index in [1.807, 2.05) is 13.8 Å². The molecule has 1 saturated carbocycles. The molecule has 1 aliphatic carbocycles. The Morgan fingerprint density at radius 2 is 1.80 bits per heavy atom. The second kappa shape index (κ2) is 8.79. The molecule has 3 atom stereocenters. The molecule has 0 radical (unpaired) electrons. The van der Waals surface area contributed by atoms with Crippen molar-refractivity contribution in [3.63, 3.8) is 0 Å². The molecule has 3 unspecified atom stereocenters. The number of hydrogen-bond acceptors (Lipinski definition) is 4. The van der Waals surface area contributed by atoms with Crippen LogP contribution in [-0.2, 0) is 14.4 Å². The lowest BCUT2D eigenvalue weighted by molar-refractivity contribution is -0.141. The average molecular weight is 351 g/mol. The fraction of sp³-hybridized carbons (Fsp3) is 0.842. The minimum absolute atomic E-state index is 0.00593. The highest BCUT2D eigenvalue weighted by Gasteiger charge is 2.38. The van der Waals surface area contributed by atoms with Gasteiger partial charge in [0.25, 0.3) is 0 Å². The molecule has 6 heteroatoms. The number of carbonyl (C=O) groups is 3. The lowest BCUT2D eigenvalue weighted by Crippen LogP contribution is -2.55. The van der Waals surface area contributed by atoms with Gasteiger partial charge in [0.2, 0.25) is 11.8 Å². The summed E-state index contributed by atoms with van der Waals surface area (Å²) in [5.74, 6) is 0.513. The van der Waals surface area contributed by atoms with E-state index in [9.17, 15) is 14.4 Å². The zero-order valence-corrected chi connectivity index (χ0v) is 16.0. The van der Waals surface area contributed by atoms with Gasteiger partial charge in [0, 0.05) is 6.54 Å². The minimum Gasteiger partial charge on any atom is -0.345 e. The Morgan fingerprint density at radius 1 is 1.12 bits per heavy atom. The standard InChI is InChI=1S/C19H33N3O3/c1-12(2)17(20-4)19(25)22-10-6-9-16(22)18(24)21-15(13(3)23)11-14-7-5-8-14/h12,14-17,20H,5-11H2,1-4H3,(H,21,24). The highest BCUT2D eigenvalue weighted by molar-refractivity contribution is 5.93. The van der Waals surface area contributed by atoms with Crippen molar-refractivity contribution < 1.29 is 14.4 Å². The van der Waals surface area contributed by atoms with Crippen LogP contribution in [0.4, 0.5) is 0 Å². The smallest absolute Gasteiger partial charge is 0.243 e. The first kappa shape index (κ1) is 19.9. The Labute approximate surface area is 151 Å². The first-order chi connectivity index (χ1) is 11.8. The monoisotopic (exact) mass is 351 g/mol. The van der Waals surface area contributed by atoms with Crippen LogP contribution >= 0.6 is 0 Å². The highest BCUT2D eigenvalue weighted by atomic mass is 16.2. The van der Waals surface area contributed by atoms with E-state index in [0.717, 1.165) is 25.7 Å². The Balaban J connectivity index is 2.00. The van der Waals surface area contributed by atoms with Gasteiger partial charge in [0.1, 0.15) is 6.04 Å². The third-order valence-corrected chi connectivity index (χ3v) is 5.68. The molecule has 0 aromatic carbocycles. The molecular weight excluding hydrogens is 318 g/mol. The van der Waals surface area contributed by atoms with E-state index in [0.29, 0.717) is 18.9 Å². The number of carbonyl (C=O) groups excluding carboxylic acids is 3. The summed E-state index contributed by atoms with van der Waals surface area (Å²) >= 11 is 0. The van der Waals surface area contributed by atoms with Crippen LogP contribution in [-0.4, -0.2) is 54.2 Å². The summed E-state index contributed by atoms with van der Waals surface area (Å²) in [5.41, 5.74) is 0. The van der Waals surface area contributed by atoms with Gasteiger partial charge in [0.05, 0.1) is 12.1 Å². The SMILES string of the molecule is CNC(C(=O)N1CCCC1C(=O)NC(CC1CCC1)C(C)=O)C(C)C. The molecule has 0 spiro atoms. The first-order valence-electron chi connectivity index (χ1n) is 9.63. The fourth-order valence-electron chi connectivity index (χ4n) is 3.88. The maximum atomic E-state index is 12.8. The molecule has 142 valence electrons. The molecule has 1 aliphatic heterocycles. The summed E-state index contributed by atoms with van der Waals surface area (Å²) in [6.45, 7) is 6.13. The molecule has 2 fully saturated rings. The van der Waals surface area contributed by atoms with Crippen LogP contribution in [0.1, 0.15) is 59.3 Å². The Bertz CT molecular complexity index is 502. The molecule has 2 aliphatic rings.